The number of hydrogen-bond donors (Lipinski definition) is 1. The van der Waals surface area contributed by atoms with E-state index in [9.17, 15) is 4.39 Å². The lowest BCUT2D eigenvalue weighted by molar-refractivity contribution is 0.404. The highest BCUT2D eigenvalue weighted by atomic mass is 19.1. The molecule has 3 rings (SSSR count). The minimum Gasteiger partial charge on any atom is -0.310 e. The van der Waals surface area contributed by atoms with E-state index in [1.165, 1.54) is 24.8 Å². The summed E-state index contributed by atoms with van der Waals surface area (Å²) in [5, 5.41) is 3.63. The fourth-order valence-electron chi connectivity index (χ4n) is 3.17. The van der Waals surface area contributed by atoms with Crippen molar-refractivity contribution < 1.29 is 4.39 Å². The summed E-state index contributed by atoms with van der Waals surface area (Å²) in [5.41, 5.74) is 2.11. The number of fused-ring (bicyclic) bond motifs is 1. The summed E-state index contributed by atoms with van der Waals surface area (Å²) in [6.07, 6.45) is 10.2. The number of rotatable bonds is 3. The average molecular weight is 245 g/mol. The summed E-state index contributed by atoms with van der Waals surface area (Å²) in [5.74, 6) is 0.727. The molecule has 2 unspecified atom stereocenters. The fourth-order valence-corrected chi connectivity index (χ4v) is 3.17. The molecule has 0 saturated heterocycles. The van der Waals surface area contributed by atoms with Crippen LogP contribution in [0.1, 0.15) is 42.9 Å². The van der Waals surface area contributed by atoms with Crippen LogP contribution < -0.4 is 5.32 Å². The molecule has 1 N–H and O–H groups in total. The summed E-state index contributed by atoms with van der Waals surface area (Å²) in [7, 11) is 0. The zero-order valence-electron chi connectivity index (χ0n) is 10.7. The number of hydrogen-bond acceptors (Lipinski definition) is 1. The predicted octanol–water partition coefficient (Wildman–Crippen LogP) is 3.76. The van der Waals surface area contributed by atoms with E-state index in [2.05, 4.69) is 23.5 Å². The molecular weight excluding hydrogens is 225 g/mol. The second-order valence-corrected chi connectivity index (χ2v) is 5.46. The van der Waals surface area contributed by atoms with E-state index in [1.807, 2.05) is 6.07 Å². The van der Waals surface area contributed by atoms with Gasteiger partial charge in [-0.15, -0.1) is 0 Å². The van der Waals surface area contributed by atoms with Crippen molar-refractivity contribution in [3.63, 3.8) is 0 Å². The van der Waals surface area contributed by atoms with Gasteiger partial charge in [0.1, 0.15) is 5.82 Å². The third kappa shape index (κ3) is 2.35. The standard InChI is InChI=1S/C16H20FN/c17-15-8-4-7-14-13(15)9-10-16(14)18-11-12-5-2-1-3-6-12/h1-2,4,7-8,12,16,18H,3,5-6,9-11H2. The summed E-state index contributed by atoms with van der Waals surface area (Å²) < 4.78 is 13.6. The van der Waals surface area contributed by atoms with Gasteiger partial charge < -0.3 is 5.32 Å². The van der Waals surface area contributed by atoms with Gasteiger partial charge in [0.25, 0.3) is 0 Å². The van der Waals surface area contributed by atoms with E-state index in [1.54, 1.807) is 6.07 Å². The molecule has 2 heteroatoms. The molecule has 0 heterocycles. The zero-order chi connectivity index (χ0) is 12.4. The first kappa shape index (κ1) is 11.9. The Morgan fingerprint density at radius 1 is 1.22 bits per heavy atom. The van der Waals surface area contributed by atoms with Crippen LogP contribution in [0.3, 0.4) is 0 Å². The quantitative estimate of drug-likeness (QED) is 0.800. The van der Waals surface area contributed by atoms with Crippen molar-refractivity contribution in [2.45, 2.75) is 38.1 Å². The largest absolute Gasteiger partial charge is 0.310 e. The highest BCUT2D eigenvalue weighted by molar-refractivity contribution is 5.35. The molecule has 2 aliphatic carbocycles. The van der Waals surface area contributed by atoms with Gasteiger partial charge in [0, 0.05) is 6.04 Å². The summed E-state index contributed by atoms with van der Waals surface area (Å²) >= 11 is 0. The highest BCUT2D eigenvalue weighted by Crippen LogP contribution is 2.33. The number of benzene rings is 1. The lowest BCUT2D eigenvalue weighted by Crippen LogP contribution is -2.26. The predicted molar refractivity (Wildman–Crippen MR) is 71.9 cm³/mol. The van der Waals surface area contributed by atoms with Crippen molar-refractivity contribution in [1.82, 2.24) is 5.32 Å². The molecule has 0 spiro atoms. The molecule has 2 atom stereocenters. The fraction of sp³-hybridized carbons (Fsp3) is 0.500. The van der Waals surface area contributed by atoms with Crippen molar-refractivity contribution in [1.29, 1.82) is 0 Å². The normalized spacial score (nSPS) is 26.3. The van der Waals surface area contributed by atoms with Crippen LogP contribution in [-0.2, 0) is 6.42 Å². The second-order valence-electron chi connectivity index (χ2n) is 5.46. The van der Waals surface area contributed by atoms with E-state index in [0.29, 0.717) is 6.04 Å². The lowest BCUT2D eigenvalue weighted by atomic mass is 9.94. The molecule has 96 valence electrons. The first-order chi connectivity index (χ1) is 8.84. The minimum absolute atomic E-state index is 0.0302. The maximum atomic E-state index is 13.6. The molecule has 0 bridgehead atoms. The first-order valence-electron chi connectivity index (χ1n) is 7.00. The minimum atomic E-state index is -0.0302. The van der Waals surface area contributed by atoms with Gasteiger partial charge >= 0.3 is 0 Å². The van der Waals surface area contributed by atoms with E-state index in [4.69, 9.17) is 0 Å². The van der Waals surface area contributed by atoms with Gasteiger partial charge in [-0.1, -0.05) is 24.3 Å². The maximum absolute atomic E-state index is 13.6. The van der Waals surface area contributed by atoms with Crippen LogP contribution in [-0.4, -0.2) is 6.54 Å². The number of nitrogens with one attached hydrogen (secondary N) is 1. The molecule has 0 fully saturated rings. The zero-order valence-corrected chi connectivity index (χ0v) is 10.7. The summed E-state index contributed by atoms with van der Waals surface area (Å²) in [6, 6.07) is 5.84. The lowest BCUT2D eigenvalue weighted by Gasteiger charge is -2.21. The molecular formula is C16H20FN. The molecule has 1 aromatic carbocycles. The topological polar surface area (TPSA) is 12.0 Å². The highest BCUT2D eigenvalue weighted by Gasteiger charge is 2.25. The molecule has 18 heavy (non-hydrogen) atoms. The Morgan fingerprint density at radius 3 is 3.00 bits per heavy atom. The van der Waals surface area contributed by atoms with Gasteiger partial charge in [0.15, 0.2) is 0 Å². The monoisotopic (exact) mass is 245 g/mol. The molecule has 0 saturated carbocycles. The van der Waals surface area contributed by atoms with Crippen LogP contribution in [0.4, 0.5) is 4.39 Å². The third-order valence-corrected chi connectivity index (χ3v) is 4.24. The third-order valence-electron chi connectivity index (χ3n) is 4.24. The molecule has 0 aliphatic heterocycles. The Morgan fingerprint density at radius 2 is 2.17 bits per heavy atom. The molecule has 1 nitrogen and oxygen atoms in total. The van der Waals surface area contributed by atoms with Gasteiger partial charge in [0.2, 0.25) is 0 Å². The van der Waals surface area contributed by atoms with Crippen LogP contribution in [0.5, 0.6) is 0 Å². The molecule has 0 amide bonds. The smallest absolute Gasteiger partial charge is 0.126 e. The van der Waals surface area contributed by atoms with Crippen LogP contribution >= 0.6 is 0 Å². The SMILES string of the molecule is Fc1cccc2c1CCC2NCC1CC=CCC1. The van der Waals surface area contributed by atoms with Crippen molar-refractivity contribution in [2.75, 3.05) is 6.54 Å². The van der Waals surface area contributed by atoms with Gasteiger partial charge in [-0.05, 0) is 61.8 Å². The van der Waals surface area contributed by atoms with E-state index >= 15 is 0 Å². The maximum Gasteiger partial charge on any atom is 0.126 e. The van der Waals surface area contributed by atoms with Crippen molar-refractivity contribution in [2.24, 2.45) is 5.92 Å². The van der Waals surface area contributed by atoms with Crippen molar-refractivity contribution in [3.8, 4) is 0 Å². The number of allylic oxidation sites excluding steroid dienone is 2. The van der Waals surface area contributed by atoms with Gasteiger partial charge in [-0.3, -0.25) is 0 Å². The van der Waals surface area contributed by atoms with Crippen LogP contribution in [0.25, 0.3) is 0 Å². The van der Waals surface area contributed by atoms with Crippen molar-refractivity contribution in [3.05, 3.63) is 47.3 Å². The van der Waals surface area contributed by atoms with Crippen LogP contribution in [0.15, 0.2) is 30.4 Å². The Bertz CT molecular complexity index is 452. The summed E-state index contributed by atoms with van der Waals surface area (Å²) in [6.45, 7) is 1.06. The van der Waals surface area contributed by atoms with Gasteiger partial charge in [0.05, 0.1) is 0 Å². The Balaban J connectivity index is 1.62. The van der Waals surface area contributed by atoms with Gasteiger partial charge in [-0.2, -0.15) is 0 Å². The van der Waals surface area contributed by atoms with Crippen LogP contribution in [0, 0.1) is 11.7 Å². The summed E-state index contributed by atoms with van der Waals surface area (Å²) in [4.78, 5) is 0. The number of halogens is 1. The molecule has 2 aliphatic rings. The van der Waals surface area contributed by atoms with E-state index in [0.717, 1.165) is 30.9 Å². The van der Waals surface area contributed by atoms with Gasteiger partial charge in [-0.25, -0.2) is 4.39 Å². The Kier molecular flexibility index (Phi) is 3.46. The molecule has 0 aromatic heterocycles. The van der Waals surface area contributed by atoms with Crippen LogP contribution in [0.2, 0.25) is 0 Å². The average Bonchev–Trinajstić information content (AvgIpc) is 2.82. The molecule has 0 radical (unpaired) electrons. The van der Waals surface area contributed by atoms with E-state index in [-0.39, 0.29) is 5.82 Å². The second kappa shape index (κ2) is 5.23. The van der Waals surface area contributed by atoms with E-state index < -0.39 is 0 Å². The van der Waals surface area contributed by atoms with Crippen molar-refractivity contribution >= 4 is 0 Å². The Labute approximate surface area is 108 Å². The Hall–Kier alpha value is -1.15. The molecule has 1 aromatic rings. The first-order valence-corrected chi connectivity index (χ1v) is 7.00.